The Kier molecular flexibility index (Phi) is 7.02. The number of hydrogen-bond donors (Lipinski definition) is 2. The Morgan fingerprint density at radius 3 is 2.58 bits per heavy atom. The van der Waals surface area contributed by atoms with Gasteiger partial charge in [0, 0.05) is 17.1 Å². The number of benzene rings is 2. The van der Waals surface area contributed by atoms with Gasteiger partial charge in [-0.1, -0.05) is 24.6 Å². The Morgan fingerprint density at radius 2 is 1.92 bits per heavy atom. The number of carbonyl (C=O) groups is 1. The minimum Gasteiger partial charge on any atom is -0.492 e. The molecule has 0 aliphatic carbocycles. The fourth-order valence-electron chi connectivity index (χ4n) is 2.20. The molecule has 140 valence electrons. The summed E-state index contributed by atoms with van der Waals surface area (Å²) in [5.74, 6) is -0.0261. The number of ether oxygens (including phenoxy) is 1. The van der Waals surface area contributed by atoms with Crippen LogP contribution in [0.25, 0.3) is 0 Å². The molecule has 0 radical (unpaired) electrons. The number of hydrogen-bond acceptors (Lipinski definition) is 4. The van der Waals surface area contributed by atoms with Gasteiger partial charge in [0.05, 0.1) is 17.2 Å². The molecule has 0 aromatic heterocycles. The number of anilines is 1. The van der Waals surface area contributed by atoms with Crippen molar-refractivity contribution in [2.45, 2.75) is 25.2 Å². The maximum absolute atomic E-state index is 12.5. The molecule has 2 aromatic rings. The van der Waals surface area contributed by atoms with Gasteiger partial charge in [0.15, 0.2) is 0 Å². The van der Waals surface area contributed by atoms with Gasteiger partial charge in [-0.3, -0.25) is 4.79 Å². The van der Waals surface area contributed by atoms with E-state index in [1.165, 1.54) is 24.3 Å². The number of sulfonamides is 1. The number of amides is 1. The molecule has 0 spiro atoms. The Bertz CT molecular complexity index is 885. The minimum absolute atomic E-state index is 0.0517. The number of carbonyl (C=O) groups excluding carboxylic acids is 1. The Hall–Kier alpha value is -2.09. The second-order valence-electron chi connectivity index (χ2n) is 5.45. The van der Waals surface area contributed by atoms with E-state index in [2.05, 4.69) is 10.0 Å². The van der Waals surface area contributed by atoms with Crippen molar-refractivity contribution in [3.63, 3.8) is 0 Å². The van der Waals surface area contributed by atoms with Crippen LogP contribution in [0.15, 0.2) is 47.4 Å². The predicted molar refractivity (Wildman–Crippen MR) is 102 cm³/mol. The molecule has 26 heavy (non-hydrogen) atoms. The molecule has 0 saturated carbocycles. The predicted octanol–water partition coefficient (Wildman–Crippen LogP) is 3.68. The second kappa shape index (κ2) is 9.02. The van der Waals surface area contributed by atoms with Crippen LogP contribution in [0.4, 0.5) is 5.69 Å². The lowest BCUT2D eigenvalue weighted by Gasteiger charge is -2.14. The van der Waals surface area contributed by atoms with Crippen LogP contribution in [0.3, 0.4) is 0 Å². The van der Waals surface area contributed by atoms with E-state index in [0.29, 0.717) is 35.9 Å². The van der Waals surface area contributed by atoms with Crippen molar-refractivity contribution < 1.29 is 17.9 Å². The van der Waals surface area contributed by atoms with Gasteiger partial charge in [-0.25, -0.2) is 13.1 Å². The summed E-state index contributed by atoms with van der Waals surface area (Å²) < 4.78 is 32.6. The van der Waals surface area contributed by atoms with Crippen LogP contribution in [0.1, 0.15) is 30.6 Å². The van der Waals surface area contributed by atoms with E-state index in [1.54, 1.807) is 25.1 Å². The zero-order chi connectivity index (χ0) is 19.2. The fourth-order valence-corrected chi connectivity index (χ4v) is 3.55. The molecular formula is C18H21ClN2O4S. The van der Waals surface area contributed by atoms with Crippen molar-refractivity contribution in [1.82, 2.24) is 4.72 Å². The van der Waals surface area contributed by atoms with Crippen LogP contribution >= 0.6 is 11.6 Å². The average molecular weight is 397 g/mol. The fraction of sp³-hybridized carbons (Fsp3) is 0.278. The average Bonchev–Trinajstić information content (AvgIpc) is 2.61. The summed E-state index contributed by atoms with van der Waals surface area (Å²) in [4.78, 5) is 12.5. The zero-order valence-electron chi connectivity index (χ0n) is 14.6. The molecule has 0 saturated heterocycles. The molecule has 2 N–H and O–H groups in total. The maximum atomic E-state index is 12.5. The molecule has 6 nitrogen and oxygen atoms in total. The normalized spacial score (nSPS) is 11.2. The van der Waals surface area contributed by atoms with Crippen LogP contribution in [0.5, 0.6) is 5.75 Å². The van der Waals surface area contributed by atoms with Gasteiger partial charge in [0.1, 0.15) is 5.75 Å². The number of halogens is 1. The first-order valence-electron chi connectivity index (χ1n) is 8.20. The first-order chi connectivity index (χ1) is 12.4. The lowest BCUT2D eigenvalue weighted by atomic mass is 10.2. The van der Waals surface area contributed by atoms with Crippen molar-refractivity contribution in [3.05, 3.63) is 53.1 Å². The van der Waals surface area contributed by atoms with Gasteiger partial charge in [-0.15, -0.1) is 0 Å². The van der Waals surface area contributed by atoms with E-state index >= 15 is 0 Å². The zero-order valence-corrected chi connectivity index (χ0v) is 16.2. The highest BCUT2D eigenvalue weighted by atomic mass is 35.5. The molecule has 1 amide bonds. The molecule has 0 unspecified atom stereocenters. The third kappa shape index (κ3) is 5.20. The van der Waals surface area contributed by atoms with Crippen molar-refractivity contribution in [1.29, 1.82) is 0 Å². The van der Waals surface area contributed by atoms with Crippen LogP contribution in [0.2, 0.25) is 5.02 Å². The van der Waals surface area contributed by atoms with Gasteiger partial charge in [0.25, 0.3) is 5.91 Å². The van der Waals surface area contributed by atoms with Gasteiger partial charge in [0.2, 0.25) is 10.0 Å². The summed E-state index contributed by atoms with van der Waals surface area (Å²) in [7, 11) is -3.66. The van der Waals surface area contributed by atoms with Crippen molar-refractivity contribution in [2.24, 2.45) is 0 Å². The Labute approximate surface area is 158 Å². The highest BCUT2D eigenvalue weighted by Gasteiger charge is 2.18. The van der Waals surface area contributed by atoms with Crippen LogP contribution < -0.4 is 14.8 Å². The van der Waals surface area contributed by atoms with Crippen LogP contribution in [-0.4, -0.2) is 27.5 Å². The summed E-state index contributed by atoms with van der Waals surface area (Å²) >= 11 is 5.91. The second-order valence-corrected chi connectivity index (χ2v) is 7.66. The molecule has 2 aromatic carbocycles. The summed E-state index contributed by atoms with van der Waals surface area (Å²) in [6, 6.07) is 10.8. The van der Waals surface area contributed by atoms with E-state index < -0.39 is 15.9 Å². The molecule has 0 bridgehead atoms. The lowest BCUT2D eigenvalue weighted by Crippen LogP contribution is -2.24. The van der Waals surface area contributed by atoms with Gasteiger partial charge < -0.3 is 10.1 Å². The summed E-state index contributed by atoms with van der Waals surface area (Å²) in [6.07, 6.45) is 0.675. The number of rotatable bonds is 8. The first-order valence-corrected chi connectivity index (χ1v) is 10.1. The van der Waals surface area contributed by atoms with E-state index in [0.717, 1.165) is 0 Å². The summed E-state index contributed by atoms with van der Waals surface area (Å²) in [5, 5.41) is 3.13. The Morgan fingerprint density at radius 1 is 1.15 bits per heavy atom. The van der Waals surface area contributed by atoms with E-state index in [4.69, 9.17) is 16.3 Å². The minimum atomic E-state index is -3.66. The molecule has 0 fully saturated rings. The molecule has 0 atom stereocenters. The molecule has 0 aliphatic rings. The van der Waals surface area contributed by atoms with Gasteiger partial charge >= 0.3 is 0 Å². The topological polar surface area (TPSA) is 84.5 Å². The number of nitrogens with one attached hydrogen (secondary N) is 2. The van der Waals surface area contributed by atoms with Gasteiger partial charge in [-0.2, -0.15) is 0 Å². The SMILES string of the molecule is CCCNS(=O)(=O)c1ccc(OCC)c(NC(=O)c2cccc(Cl)c2)c1. The van der Waals surface area contributed by atoms with Crippen molar-refractivity contribution >= 4 is 33.2 Å². The first kappa shape index (κ1) is 20.2. The standard InChI is InChI=1S/C18H21ClN2O4S/c1-3-10-20-26(23,24)15-8-9-17(25-4-2)16(12-15)21-18(22)13-6-5-7-14(19)11-13/h5-9,11-12,20H,3-4,10H2,1-2H3,(H,21,22). The monoisotopic (exact) mass is 396 g/mol. The largest absolute Gasteiger partial charge is 0.492 e. The molecule has 0 aliphatic heterocycles. The Balaban J connectivity index is 2.35. The van der Waals surface area contributed by atoms with E-state index in [-0.39, 0.29) is 10.6 Å². The molecule has 2 rings (SSSR count). The van der Waals surface area contributed by atoms with Crippen LogP contribution in [0, 0.1) is 0 Å². The molecule has 8 heteroatoms. The van der Waals surface area contributed by atoms with Gasteiger partial charge in [-0.05, 0) is 49.7 Å². The third-order valence-corrected chi connectivity index (χ3v) is 5.13. The van der Waals surface area contributed by atoms with E-state index in [1.807, 2.05) is 6.92 Å². The third-order valence-electron chi connectivity index (χ3n) is 3.44. The van der Waals surface area contributed by atoms with Crippen molar-refractivity contribution in [2.75, 3.05) is 18.5 Å². The highest BCUT2D eigenvalue weighted by molar-refractivity contribution is 7.89. The smallest absolute Gasteiger partial charge is 0.255 e. The van der Waals surface area contributed by atoms with Crippen molar-refractivity contribution in [3.8, 4) is 5.75 Å². The lowest BCUT2D eigenvalue weighted by molar-refractivity contribution is 0.102. The summed E-state index contributed by atoms with van der Waals surface area (Å²) in [6.45, 7) is 4.38. The highest BCUT2D eigenvalue weighted by Crippen LogP contribution is 2.28. The maximum Gasteiger partial charge on any atom is 0.255 e. The summed E-state index contributed by atoms with van der Waals surface area (Å²) in [5.41, 5.74) is 0.633. The molecular weight excluding hydrogens is 376 g/mol. The molecule has 0 heterocycles. The quantitative estimate of drug-likeness (QED) is 0.712. The van der Waals surface area contributed by atoms with Crippen LogP contribution in [-0.2, 0) is 10.0 Å². The van der Waals surface area contributed by atoms with E-state index in [9.17, 15) is 13.2 Å².